The van der Waals surface area contributed by atoms with Crippen molar-refractivity contribution in [3.05, 3.63) is 40.5 Å². The van der Waals surface area contributed by atoms with Gasteiger partial charge in [-0.3, -0.25) is 4.57 Å². The first-order valence-corrected chi connectivity index (χ1v) is 5.48. The highest BCUT2D eigenvalue weighted by molar-refractivity contribution is 5.43. The lowest BCUT2D eigenvalue weighted by Gasteiger charge is -2.15. The topological polar surface area (TPSA) is 111 Å². The van der Waals surface area contributed by atoms with Crippen LogP contribution in [0.25, 0.3) is 0 Å². The maximum atomic E-state index is 12.9. The molecule has 0 aromatic carbocycles. The third-order valence-corrected chi connectivity index (χ3v) is 2.85. The van der Waals surface area contributed by atoms with Gasteiger partial charge in [0.2, 0.25) is 0 Å². The van der Waals surface area contributed by atoms with E-state index in [9.17, 15) is 18.7 Å². The van der Waals surface area contributed by atoms with Crippen molar-refractivity contribution in [3.8, 4) is 5.75 Å². The second-order valence-electron chi connectivity index (χ2n) is 3.99. The highest BCUT2D eigenvalue weighted by atomic mass is 19.1. The molecular formula is C11H11F2N3O4. The Balaban J connectivity index is 2.53. The Bertz CT molecular complexity index is 641. The molecule has 108 valence electrons. The number of ether oxygens (including phenoxy) is 1. The van der Waals surface area contributed by atoms with E-state index in [1.807, 2.05) is 0 Å². The van der Waals surface area contributed by atoms with Crippen LogP contribution in [0.15, 0.2) is 34.8 Å². The van der Waals surface area contributed by atoms with Gasteiger partial charge in [-0.1, -0.05) is 0 Å². The average Bonchev–Trinajstić information content (AvgIpc) is 2.80. The molecule has 1 aliphatic heterocycles. The van der Waals surface area contributed by atoms with Gasteiger partial charge in [0, 0.05) is 11.1 Å². The summed E-state index contributed by atoms with van der Waals surface area (Å²) in [5, 5.41) is 18.5. The van der Waals surface area contributed by atoms with Crippen LogP contribution in [0.1, 0.15) is 6.23 Å². The molecule has 1 aromatic heterocycles. The SMILES string of the molecule is Nc1nc(=O)n(C2OC(CO)C(=C/F)/C2=C\F)cc1O. The molecule has 9 heteroatoms. The first-order chi connectivity index (χ1) is 9.53. The van der Waals surface area contributed by atoms with Crippen LogP contribution in [0.3, 0.4) is 0 Å². The van der Waals surface area contributed by atoms with Gasteiger partial charge >= 0.3 is 5.69 Å². The van der Waals surface area contributed by atoms with Crippen molar-refractivity contribution in [3.63, 3.8) is 0 Å². The summed E-state index contributed by atoms with van der Waals surface area (Å²) in [4.78, 5) is 15.0. The molecule has 1 fully saturated rings. The Hall–Kier alpha value is -2.26. The van der Waals surface area contributed by atoms with Gasteiger partial charge in [-0.2, -0.15) is 4.98 Å². The molecule has 2 unspecified atom stereocenters. The van der Waals surface area contributed by atoms with Crippen molar-refractivity contribution in [2.75, 3.05) is 12.3 Å². The van der Waals surface area contributed by atoms with Gasteiger partial charge in [-0.25, -0.2) is 13.6 Å². The molecular weight excluding hydrogens is 276 g/mol. The second kappa shape index (κ2) is 5.39. The zero-order valence-corrected chi connectivity index (χ0v) is 10.0. The summed E-state index contributed by atoms with van der Waals surface area (Å²) >= 11 is 0. The summed E-state index contributed by atoms with van der Waals surface area (Å²) < 4.78 is 31.6. The number of anilines is 1. The number of nitrogen functional groups attached to an aromatic ring is 1. The fraction of sp³-hybridized carbons (Fsp3) is 0.273. The molecule has 1 saturated heterocycles. The summed E-state index contributed by atoms with van der Waals surface area (Å²) in [5.41, 5.74) is 3.81. The van der Waals surface area contributed by atoms with Gasteiger partial charge < -0.3 is 20.7 Å². The Kier molecular flexibility index (Phi) is 3.81. The number of aliphatic hydroxyl groups is 1. The lowest BCUT2D eigenvalue weighted by molar-refractivity contribution is -0.00884. The summed E-state index contributed by atoms with van der Waals surface area (Å²) in [7, 11) is 0. The second-order valence-corrected chi connectivity index (χ2v) is 3.99. The molecule has 0 radical (unpaired) electrons. The summed E-state index contributed by atoms with van der Waals surface area (Å²) in [5.74, 6) is -0.903. The number of aromatic hydroxyl groups is 1. The monoisotopic (exact) mass is 287 g/mol. The van der Waals surface area contributed by atoms with Crippen LogP contribution in [0.4, 0.5) is 14.6 Å². The number of hydrogen-bond donors (Lipinski definition) is 3. The van der Waals surface area contributed by atoms with Gasteiger partial charge in [0.05, 0.1) is 25.5 Å². The van der Waals surface area contributed by atoms with E-state index in [4.69, 9.17) is 15.6 Å². The molecule has 2 heterocycles. The lowest BCUT2D eigenvalue weighted by Crippen LogP contribution is -2.28. The number of rotatable bonds is 2. The highest BCUT2D eigenvalue weighted by Gasteiger charge is 2.37. The summed E-state index contributed by atoms with van der Waals surface area (Å²) in [6, 6.07) is 0. The van der Waals surface area contributed by atoms with Crippen LogP contribution >= 0.6 is 0 Å². The predicted octanol–water partition coefficient (Wildman–Crippen LogP) is 0.128. The maximum Gasteiger partial charge on any atom is 0.352 e. The summed E-state index contributed by atoms with van der Waals surface area (Å²) in [6.07, 6.45) is -1.44. The molecule has 2 atom stereocenters. The fourth-order valence-electron chi connectivity index (χ4n) is 1.88. The molecule has 1 aliphatic rings. The van der Waals surface area contributed by atoms with E-state index in [1.165, 1.54) is 0 Å². The Morgan fingerprint density at radius 1 is 1.45 bits per heavy atom. The Labute approximate surface area is 111 Å². The average molecular weight is 287 g/mol. The minimum absolute atomic E-state index is 0.0611. The first kappa shape index (κ1) is 14.2. The molecule has 4 N–H and O–H groups in total. The van der Waals surface area contributed by atoms with Crippen LogP contribution in [0.5, 0.6) is 5.75 Å². The number of halogens is 2. The number of aliphatic hydroxyl groups excluding tert-OH is 1. The standard InChI is InChI=1S/C11H11F2N3O4/c12-1-5-6(2-13)10(20-8(5)4-17)16-3-7(18)9(14)15-11(16)19/h1-3,8,10,17-18H,4H2,(H2,14,15,19)/b5-1+,6-2+. The van der Waals surface area contributed by atoms with Crippen molar-refractivity contribution in [1.82, 2.24) is 9.55 Å². The molecule has 0 spiro atoms. The molecule has 0 saturated carbocycles. The molecule has 7 nitrogen and oxygen atoms in total. The van der Waals surface area contributed by atoms with Crippen LogP contribution in [0, 0.1) is 0 Å². The van der Waals surface area contributed by atoms with Crippen molar-refractivity contribution >= 4 is 5.82 Å². The van der Waals surface area contributed by atoms with E-state index >= 15 is 0 Å². The van der Waals surface area contributed by atoms with Crippen molar-refractivity contribution < 1.29 is 23.7 Å². The van der Waals surface area contributed by atoms with Gasteiger partial charge in [0.25, 0.3) is 0 Å². The van der Waals surface area contributed by atoms with E-state index in [0.29, 0.717) is 0 Å². The van der Waals surface area contributed by atoms with Crippen molar-refractivity contribution in [1.29, 1.82) is 0 Å². The van der Waals surface area contributed by atoms with E-state index in [-0.39, 0.29) is 23.8 Å². The third kappa shape index (κ3) is 2.17. The molecule has 0 amide bonds. The Morgan fingerprint density at radius 2 is 2.10 bits per heavy atom. The van der Waals surface area contributed by atoms with E-state index in [2.05, 4.69) is 4.98 Å². The van der Waals surface area contributed by atoms with E-state index in [0.717, 1.165) is 10.8 Å². The molecule has 20 heavy (non-hydrogen) atoms. The Morgan fingerprint density at radius 3 is 2.65 bits per heavy atom. The predicted molar refractivity (Wildman–Crippen MR) is 64.0 cm³/mol. The van der Waals surface area contributed by atoms with Crippen LogP contribution in [-0.2, 0) is 4.74 Å². The lowest BCUT2D eigenvalue weighted by atomic mass is 10.1. The maximum absolute atomic E-state index is 12.9. The number of nitrogens with zero attached hydrogens (tertiary/aromatic N) is 2. The smallest absolute Gasteiger partial charge is 0.352 e. The number of nitrogens with two attached hydrogens (primary N) is 1. The van der Waals surface area contributed by atoms with Crippen LogP contribution in [0.2, 0.25) is 0 Å². The van der Waals surface area contributed by atoms with Crippen molar-refractivity contribution in [2.24, 2.45) is 0 Å². The zero-order valence-electron chi connectivity index (χ0n) is 10.0. The third-order valence-electron chi connectivity index (χ3n) is 2.85. The minimum Gasteiger partial charge on any atom is -0.503 e. The summed E-state index contributed by atoms with van der Waals surface area (Å²) in [6.45, 7) is -0.604. The first-order valence-electron chi connectivity index (χ1n) is 5.48. The van der Waals surface area contributed by atoms with Crippen LogP contribution in [-0.4, -0.2) is 32.5 Å². The molecule has 0 bridgehead atoms. The van der Waals surface area contributed by atoms with E-state index < -0.39 is 36.2 Å². The normalized spacial score (nSPS) is 26.6. The number of hydrogen-bond acceptors (Lipinski definition) is 6. The largest absolute Gasteiger partial charge is 0.503 e. The van der Waals surface area contributed by atoms with Crippen LogP contribution < -0.4 is 11.4 Å². The van der Waals surface area contributed by atoms with Gasteiger partial charge in [0.15, 0.2) is 17.8 Å². The van der Waals surface area contributed by atoms with Gasteiger partial charge in [0.1, 0.15) is 6.10 Å². The van der Waals surface area contributed by atoms with E-state index in [1.54, 1.807) is 0 Å². The van der Waals surface area contributed by atoms with Gasteiger partial charge in [-0.05, 0) is 0 Å². The zero-order chi connectivity index (χ0) is 14.9. The quantitative estimate of drug-likeness (QED) is 0.713. The highest BCUT2D eigenvalue weighted by Crippen LogP contribution is 2.38. The molecule has 1 aromatic rings. The fourth-order valence-corrected chi connectivity index (χ4v) is 1.88. The minimum atomic E-state index is -1.36. The molecule has 0 aliphatic carbocycles. The van der Waals surface area contributed by atoms with Gasteiger partial charge in [-0.15, -0.1) is 0 Å². The number of aromatic nitrogens is 2. The molecule has 2 rings (SSSR count). The van der Waals surface area contributed by atoms with Crippen molar-refractivity contribution in [2.45, 2.75) is 12.3 Å².